The first-order valence-electron chi connectivity index (χ1n) is 5.92. The van der Waals surface area contributed by atoms with E-state index in [1.165, 1.54) is 0 Å². The van der Waals surface area contributed by atoms with Gasteiger partial charge in [-0.15, -0.1) is 5.10 Å². The number of aromatic nitrogens is 4. The molecule has 0 aliphatic carbocycles. The Labute approximate surface area is 115 Å². The molecule has 0 amide bonds. The minimum Gasteiger partial charge on any atom is -0.308 e. The fourth-order valence-electron chi connectivity index (χ4n) is 1.83. The maximum atomic E-state index is 4.10. The van der Waals surface area contributed by atoms with Gasteiger partial charge in [-0.1, -0.05) is 19.1 Å². The Bertz CT molecular complexity index is 537. The molecule has 1 N–H and O–H groups in total. The second-order valence-corrected chi connectivity index (χ2v) is 4.93. The molecule has 0 bridgehead atoms. The average molecular weight is 310 g/mol. The van der Waals surface area contributed by atoms with Crippen LogP contribution in [0.1, 0.15) is 31.3 Å². The van der Waals surface area contributed by atoms with Gasteiger partial charge in [-0.05, 0) is 58.4 Å². The van der Waals surface area contributed by atoms with Crippen molar-refractivity contribution >= 4 is 15.9 Å². The minimum atomic E-state index is 0.109. The van der Waals surface area contributed by atoms with Crippen molar-refractivity contribution in [1.29, 1.82) is 0 Å². The number of benzene rings is 1. The van der Waals surface area contributed by atoms with Gasteiger partial charge in [0.15, 0.2) is 5.82 Å². The van der Waals surface area contributed by atoms with Gasteiger partial charge in [-0.2, -0.15) is 4.68 Å². The third-order valence-electron chi connectivity index (χ3n) is 2.79. The van der Waals surface area contributed by atoms with Crippen molar-refractivity contribution < 1.29 is 0 Å². The van der Waals surface area contributed by atoms with Gasteiger partial charge in [0, 0.05) is 4.47 Å². The molecular formula is C12H16BrN5. The SMILES string of the molecule is CCNC(C)c1nnnn1-c1cccc(C)c1Br. The molecule has 5 nitrogen and oxygen atoms in total. The lowest BCUT2D eigenvalue weighted by Crippen LogP contribution is -2.21. The molecule has 0 radical (unpaired) electrons. The molecule has 0 spiro atoms. The molecule has 0 aliphatic rings. The van der Waals surface area contributed by atoms with Gasteiger partial charge in [-0.25, -0.2) is 0 Å². The van der Waals surface area contributed by atoms with Crippen LogP contribution in [0.2, 0.25) is 0 Å². The molecule has 6 heteroatoms. The van der Waals surface area contributed by atoms with E-state index in [1.807, 2.05) is 25.1 Å². The number of hydrogen-bond donors (Lipinski definition) is 1. The van der Waals surface area contributed by atoms with Crippen LogP contribution in [-0.2, 0) is 0 Å². The Morgan fingerprint density at radius 2 is 2.22 bits per heavy atom. The topological polar surface area (TPSA) is 55.6 Å². The van der Waals surface area contributed by atoms with Crippen molar-refractivity contribution in [2.75, 3.05) is 6.54 Å². The van der Waals surface area contributed by atoms with Gasteiger partial charge in [0.2, 0.25) is 0 Å². The first-order chi connectivity index (χ1) is 8.65. The average Bonchev–Trinajstić information content (AvgIpc) is 2.82. The van der Waals surface area contributed by atoms with Crippen LogP contribution in [0.25, 0.3) is 5.69 Å². The lowest BCUT2D eigenvalue weighted by atomic mass is 10.2. The van der Waals surface area contributed by atoms with E-state index in [4.69, 9.17) is 0 Å². The largest absolute Gasteiger partial charge is 0.308 e. The summed E-state index contributed by atoms with van der Waals surface area (Å²) in [4.78, 5) is 0. The standard InChI is InChI=1S/C12H16BrN5/c1-4-14-9(3)12-15-16-17-18(12)10-7-5-6-8(2)11(10)13/h5-7,9,14H,4H2,1-3H3. The van der Waals surface area contributed by atoms with E-state index in [0.29, 0.717) is 0 Å². The summed E-state index contributed by atoms with van der Waals surface area (Å²) in [5, 5.41) is 15.3. The van der Waals surface area contributed by atoms with Gasteiger partial charge in [0.1, 0.15) is 0 Å². The summed E-state index contributed by atoms with van der Waals surface area (Å²) in [6, 6.07) is 6.15. The third-order valence-corrected chi connectivity index (χ3v) is 3.82. The van der Waals surface area contributed by atoms with E-state index in [2.05, 4.69) is 50.6 Å². The zero-order valence-corrected chi connectivity index (χ0v) is 12.3. The van der Waals surface area contributed by atoms with Gasteiger partial charge < -0.3 is 5.32 Å². The van der Waals surface area contributed by atoms with Crippen molar-refractivity contribution in [1.82, 2.24) is 25.5 Å². The highest BCUT2D eigenvalue weighted by Crippen LogP contribution is 2.25. The smallest absolute Gasteiger partial charge is 0.173 e. The van der Waals surface area contributed by atoms with Crippen LogP contribution in [-0.4, -0.2) is 26.8 Å². The maximum Gasteiger partial charge on any atom is 0.173 e. The van der Waals surface area contributed by atoms with E-state index >= 15 is 0 Å². The first kappa shape index (κ1) is 13.2. The summed E-state index contributed by atoms with van der Waals surface area (Å²) in [6.45, 7) is 7.04. The van der Waals surface area contributed by atoms with Gasteiger partial charge in [0.05, 0.1) is 11.7 Å². The molecule has 1 aromatic carbocycles. The monoisotopic (exact) mass is 309 g/mol. The zero-order chi connectivity index (χ0) is 13.1. The predicted octanol–water partition coefficient (Wildman–Crippen LogP) is 2.40. The number of nitrogens with zero attached hydrogens (tertiary/aromatic N) is 4. The maximum absolute atomic E-state index is 4.10. The Balaban J connectivity index is 2.45. The van der Waals surface area contributed by atoms with Crippen LogP contribution in [0.3, 0.4) is 0 Å². The van der Waals surface area contributed by atoms with Crippen molar-refractivity contribution in [2.45, 2.75) is 26.8 Å². The fourth-order valence-corrected chi connectivity index (χ4v) is 2.26. The lowest BCUT2D eigenvalue weighted by Gasteiger charge is -2.13. The molecule has 1 heterocycles. The summed E-state index contributed by atoms with van der Waals surface area (Å²) < 4.78 is 2.78. The Hall–Kier alpha value is -1.27. The highest BCUT2D eigenvalue weighted by Gasteiger charge is 2.16. The Morgan fingerprint density at radius 1 is 1.44 bits per heavy atom. The molecular weight excluding hydrogens is 294 g/mol. The third kappa shape index (κ3) is 2.44. The van der Waals surface area contributed by atoms with Crippen molar-refractivity contribution in [3.63, 3.8) is 0 Å². The molecule has 0 saturated heterocycles. The number of halogens is 1. The van der Waals surface area contributed by atoms with E-state index in [1.54, 1.807) is 4.68 Å². The van der Waals surface area contributed by atoms with Gasteiger partial charge in [0.25, 0.3) is 0 Å². The van der Waals surface area contributed by atoms with Crippen LogP contribution < -0.4 is 5.32 Å². The predicted molar refractivity (Wildman–Crippen MR) is 73.7 cm³/mol. The molecule has 1 aromatic heterocycles. The highest BCUT2D eigenvalue weighted by molar-refractivity contribution is 9.10. The summed E-state index contributed by atoms with van der Waals surface area (Å²) in [6.07, 6.45) is 0. The van der Waals surface area contributed by atoms with Crippen LogP contribution in [0.15, 0.2) is 22.7 Å². The second kappa shape index (κ2) is 5.58. The normalized spacial score (nSPS) is 12.7. The van der Waals surface area contributed by atoms with Crippen molar-refractivity contribution in [3.05, 3.63) is 34.1 Å². The summed E-state index contributed by atoms with van der Waals surface area (Å²) in [5.41, 5.74) is 2.12. The van der Waals surface area contributed by atoms with Crippen LogP contribution in [0, 0.1) is 6.92 Å². The van der Waals surface area contributed by atoms with Crippen LogP contribution in [0.5, 0.6) is 0 Å². The molecule has 18 heavy (non-hydrogen) atoms. The van der Waals surface area contributed by atoms with Crippen LogP contribution in [0.4, 0.5) is 0 Å². The molecule has 0 fully saturated rings. The zero-order valence-electron chi connectivity index (χ0n) is 10.7. The van der Waals surface area contributed by atoms with Crippen molar-refractivity contribution in [3.8, 4) is 5.69 Å². The fraction of sp³-hybridized carbons (Fsp3) is 0.417. The number of tetrazole rings is 1. The van der Waals surface area contributed by atoms with E-state index < -0.39 is 0 Å². The summed E-state index contributed by atoms with van der Waals surface area (Å²) in [5.74, 6) is 0.808. The number of hydrogen-bond acceptors (Lipinski definition) is 4. The van der Waals surface area contributed by atoms with Gasteiger partial charge >= 0.3 is 0 Å². The number of aryl methyl sites for hydroxylation is 1. The summed E-state index contributed by atoms with van der Waals surface area (Å²) in [7, 11) is 0. The Kier molecular flexibility index (Phi) is 4.08. The Morgan fingerprint density at radius 3 is 2.94 bits per heavy atom. The molecule has 0 aliphatic heterocycles. The molecule has 96 valence electrons. The number of rotatable bonds is 4. The molecule has 0 saturated carbocycles. The van der Waals surface area contributed by atoms with E-state index in [0.717, 1.165) is 28.1 Å². The van der Waals surface area contributed by atoms with Crippen molar-refractivity contribution in [2.24, 2.45) is 0 Å². The quantitative estimate of drug-likeness (QED) is 0.942. The van der Waals surface area contributed by atoms with Crippen LogP contribution >= 0.6 is 15.9 Å². The second-order valence-electron chi connectivity index (χ2n) is 4.14. The molecule has 2 rings (SSSR count). The first-order valence-corrected chi connectivity index (χ1v) is 6.71. The van der Waals surface area contributed by atoms with E-state index in [-0.39, 0.29) is 6.04 Å². The summed E-state index contributed by atoms with van der Waals surface area (Å²) >= 11 is 3.59. The minimum absolute atomic E-state index is 0.109. The molecule has 1 atom stereocenters. The highest BCUT2D eigenvalue weighted by atomic mass is 79.9. The lowest BCUT2D eigenvalue weighted by molar-refractivity contribution is 0.550. The van der Waals surface area contributed by atoms with E-state index in [9.17, 15) is 0 Å². The molecule has 2 aromatic rings. The van der Waals surface area contributed by atoms with Gasteiger partial charge in [-0.3, -0.25) is 0 Å². The molecule has 1 unspecified atom stereocenters. The number of nitrogens with one attached hydrogen (secondary N) is 1.